The minimum absolute atomic E-state index is 0.0955. The number of aryl methyl sites for hydroxylation is 1. The number of fused-ring (bicyclic) bond motifs is 1. The first-order valence-electron chi connectivity index (χ1n) is 8.66. The van der Waals surface area contributed by atoms with E-state index < -0.39 is 23.2 Å². The predicted molar refractivity (Wildman–Crippen MR) is 97.9 cm³/mol. The van der Waals surface area contributed by atoms with Gasteiger partial charge in [0.15, 0.2) is 0 Å². The summed E-state index contributed by atoms with van der Waals surface area (Å²) in [7, 11) is 1.58. The van der Waals surface area contributed by atoms with E-state index in [1.165, 1.54) is 18.2 Å². The van der Waals surface area contributed by atoms with Crippen molar-refractivity contribution in [2.24, 2.45) is 0 Å². The highest BCUT2D eigenvalue weighted by Gasteiger charge is 2.35. The molecule has 0 saturated heterocycles. The van der Waals surface area contributed by atoms with Crippen LogP contribution >= 0.6 is 0 Å². The van der Waals surface area contributed by atoms with E-state index in [9.17, 15) is 19.1 Å². The zero-order chi connectivity index (χ0) is 19.4. The predicted octanol–water partition coefficient (Wildman–Crippen LogP) is 2.11. The van der Waals surface area contributed by atoms with Gasteiger partial charge in [0.05, 0.1) is 13.7 Å². The van der Waals surface area contributed by atoms with Crippen LogP contribution in [0.4, 0.5) is 10.1 Å². The summed E-state index contributed by atoms with van der Waals surface area (Å²) in [6.07, 6.45) is 2.03. The largest absolute Gasteiger partial charge is 0.497 e. The van der Waals surface area contributed by atoms with Gasteiger partial charge in [-0.1, -0.05) is 12.1 Å². The molecule has 0 saturated carbocycles. The monoisotopic (exact) mass is 372 g/mol. The van der Waals surface area contributed by atoms with Crippen LogP contribution < -0.4 is 15.4 Å². The Bertz CT molecular complexity index is 871. The van der Waals surface area contributed by atoms with E-state index in [-0.39, 0.29) is 12.2 Å². The second-order valence-corrected chi connectivity index (χ2v) is 6.56. The summed E-state index contributed by atoms with van der Waals surface area (Å²) in [4.78, 5) is 24.1. The fourth-order valence-corrected chi connectivity index (χ4v) is 3.31. The van der Waals surface area contributed by atoms with Gasteiger partial charge in [0, 0.05) is 5.69 Å². The van der Waals surface area contributed by atoms with Crippen LogP contribution in [0.1, 0.15) is 24.0 Å². The topological polar surface area (TPSA) is 87.7 Å². The number of halogens is 1. The number of ether oxygens (including phenoxy) is 1. The maximum Gasteiger partial charge on any atom is 0.313 e. The molecule has 6 nitrogen and oxygen atoms in total. The van der Waals surface area contributed by atoms with E-state index in [0.29, 0.717) is 12.2 Å². The summed E-state index contributed by atoms with van der Waals surface area (Å²) in [6.45, 7) is -0.0955. The van der Waals surface area contributed by atoms with Crippen molar-refractivity contribution in [2.45, 2.75) is 24.9 Å². The molecule has 2 amide bonds. The number of nitrogens with one attached hydrogen (secondary N) is 2. The van der Waals surface area contributed by atoms with E-state index in [1.807, 2.05) is 6.07 Å². The van der Waals surface area contributed by atoms with Gasteiger partial charge in [-0.3, -0.25) is 9.59 Å². The molecule has 2 aromatic rings. The van der Waals surface area contributed by atoms with Gasteiger partial charge in [0.1, 0.15) is 17.2 Å². The van der Waals surface area contributed by atoms with Gasteiger partial charge in [0.25, 0.3) is 0 Å². The quantitative estimate of drug-likeness (QED) is 0.718. The number of benzene rings is 2. The van der Waals surface area contributed by atoms with E-state index in [2.05, 4.69) is 10.6 Å². The van der Waals surface area contributed by atoms with Crippen LogP contribution in [0.2, 0.25) is 0 Å². The number of rotatable bonds is 4. The molecule has 1 unspecified atom stereocenters. The minimum atomic E-state index is -1.26. The summed E-state index contributed by atoms with van der Waals surface area (Å²) in [5.74, 6) is -1.63. The second kappa shape index (κ2) is 7.75. The van der Waals surface area contributed by atoms with Crippen molar-refractivity contribution in [3.8, 4) is 5.75 Å². The van der Waals surface area contributed by atoms with Gasteiger partial charge >= 0.3 is 11.8 Å². The molecule has 0 fully saturated rings. The summed E-state index contributed by atoms with van der Waals surface area (Å²) in [5, 5.41) is 15.8. The average Bonchev–Trinajstić information content (AvgIpc) is 2.66. The molecule has 27 heavy (non-hydrogen) atoms. The number of hydrogen-bond donors (Lipinski definition) is 3. The van der Waals surface area contributed by atoms with E-state index in [0.717, 1.165) is 30.0 Å². The normalized spacial score (nSPS) is 18.3. The smallest absolute Gasteiger partial charge is 0.313 e. The lowest BCUT2D eigenvalue weighted by Crippen LogP contribution is -2.46. The number of amides is 2. The van der Waals surface area contributed by atoms with Gasteiger partial charge in [-0.05, 0) is 60.7 Å². The Balaban J connectivity index is 1.66. The number of methoxy groups -OCH3 is 1. The van der Waals surface area contributed by atoms with Crippen LogP contribution in [0, 0.1) is 5.82 Å². The van der Waals surface area contributed by atoms with Gasteiger partial charge in [0.2, 0.25) is 0 Å². The number of hydrogen-bond acceptors (Lipinski definition) is 4. The van der Waals surface area contributed by atoms with Crippen LogP contribution in [-0.2, 0) is 21.6 Å². The highest BCUT2D eigenvalue weighted by molar-refractivity contribution is 6.39. The van der Waals surface area contributed by atoms with Crippen LogP contribution in [0.5, 0.6) is 5.75 Å². The van der Waals surface area contributed by atoms with Crippen molar-refractivity contribution in [2.75, 3.05) is 19.0 Å². The molecule has 3 rings (SSSR count). The molecule has 0 radical (unpaired) electrons. The zero-order valence-electron chi connectivity index (χ0n) is 14.9. The first-order valence-corrected chi connectivity index (χ1v) is 8.66. The first kappa shape index (κ1) is 18.8. The van der Waals surface area contributed by atoms with Gasteiger partial charge in [-0.2, -0.15) is 0 Å². The standard InChI is InChI=1S/C20H21FN2O4/c1-27-16-7-8-17-13(10-16)4-3-9-20(17,26)12-22-18(24)19(25)23-15-6-2-5-14(21)11-15/h2,5-8,10-11,26H,3-4,9,12H2,1H3,(H,22,24)(H,23,25). The highest BCUT2D eigenvalue weighted by Crippen LogP contribution is 2.36. The van der Waals surface area contributed by atoms with Crippen LogP contribution in [0.15, 0.2) is 42.5 Å². The molecule has 3 N–H and O–H groups in total. The third-order valence-corrected chi connectivity index (χ3v) is 4.68. The summed E-state index contributed by atoms with van der Waals surface area (Å²) in [6, 6.07) is 10.7. The number of carbonyl (C=O) groups excluding carboxylic acids is 2. The maximum atomic E-state index is 13.2. The molecular formula is C20H21FN2O4. The lowest BCUT2D eigenvalue weighted by atomic mass is 9.79. The minimum Gasteiger partial charge on any atom is -0.497 e. The second-order valence-electron chi connectivity index (χ2n) is 6.56. The van der Waals surface area contributed by atoms with Crippen molar-refractivity contribution in [3.63, 3.8) is 0 Å². The molecule has 0 heterocycles. The van der Waals surface area contributed by atoms with Crippen molar-refractivity contribution < 1.29 is 23.8 Å². The molecule has 142 valence electrons. The molecular weight excluding hydrogens is 351 g/mol. The molecule has 0 bridgehead atoms. The number of aliphatic hydroxyl groups is 1. The Hall–Kier alpha value is -2.93. The highest BCUT2D eigenvalue weighted by atomic mass is 19.1. The lowest BCUT2D eigenvalue weighted by molar-refractivity contribution is -0.137. The Kier molecular flexibility index (Phi) is 5.41. The zero-order valence-corrected chi connectivity index (χ0v) is 14.9. The Labute approximate surface area is 156 Å². The molecule has 2 aromatic carbocycles. The van der Waals surface area contributed by atoms with E-state index in [1.54, 1.807) is 19.2 Å². The summed E-state index contributed by atoms with van der Waals surface area (Å²) < 4.78 is 18.4. The van der Waals surface area contributed by atoms with E-state index in [4.69, 9.17) is 4.74 Å². The van der Waals surface area contributed by atoms with Crippen LogP contribution in [0.3, 0.4) is 0 Å². The third-order valence-electron chi connectivity index (χ3n) is 4.68. The molecule has 0 aliphatic heterocycles. The molecule has 7 heteroatoms. The van der Waals surface area contributed by atoms with Crippen molar-refractivity contribution in [3.05, 3.63) is 59.4 Å². The Morgan fingerprint density at radius 3 is 2.78 bits per heavy atom. The Morgan fingerprint density at radius 1 is 1.22 bits per heavy atom. The molecule has 1 aliphatic rings. The molecule has 0 aromatic heterocycles. The Morgan fingerprint density at radius 2 is 2.04 bits per heavy atom. The SMILES string of the molecule is COc1ccc2c(c1)CCCC2(O)CNC(=O)C(=O)Nc1cccc(F)c1. The summed E-state index contributed by atoms with van der Waals surface area (Å²) >= 11 is 0. The van der Waals surface area contributed by atoms with Gasteiger partial charge < -0.3 is 20.5 Å². The third kappa shape index (κ3) is 4.25. The fourth-order valence-electron chi connectivity index (χ4n) is 3.31. The van der Waals surface area contributed by atoms with Crippen molar-refractivity contribution >= 4 is 17.5 Å². The maximum absolute atomic E-state index is 13.2. The van der Waals surface area contributed by atoms with Crippen molar-refractivity contribution in [1.29, 1.82) is 0 Å². The first-order chi connectivity index (χ1) is 12.9. The lowest BCUT2D eigenvalue weighted by Gasteiger charge is -2.34. The van der Waals surface area contributed by atoms with Crippen molar-refractivity contribution in [1.82, 2.24) is 5.32 Å². The van der Waals surface area contributed by atoms with E-state index >= 15 is 0 Å². The number of anilines is 1. The van der Waals surface area contributed by atoms with Crippen LogP contribution in [0.25, 0.3) is 0 Å². The van der Waals surface area contributed by atoms with Crippen LogP contribution in [-0.4, -0.2) is 30.6 Å². The van der Waals surface area contributed by atoms with Gasteiger partial charge in [-0.25, -0.2) is 4.39 Å². The fraction of sp³-hybridized carbons (Fsp3) is 0.300. The molecule has 0 spiro atoms. The molecule has 1 atom stereocenters. The average molecular weight is 372 g/mol. The molecule has 1 aliphatic carbocycles. The van der Waals surface area contributed by atoms with Gasteiger partial charge in [-0.15, -0.1) is 0 Å². The summed E-state index contributed by atoms with van der Waals surface area (Å²) in [5.41, 5.74) is 0.611. The number of carbonyl (C=O) groups is 2.